The lowest BCUT2D eigenvalue weighted by Gasteiger charge is -2.16. The van der Waals surface area contributed by atoms with Gasteiger partial charge in [0.25, 0.3) is 0 Å². The first-order valence-corrected chi connectivity index (χ1v) is 5.80. The molecule has 5 heteroatoms. The zero-order valence-corrected chi connectivity index (χ0v) is 10.4. The summed E-state index contributed by atoms with van der Waals surface area (Å²) in [6.45, 7) is 3.82. The van der Waals surface area contributed by atoms with Crippen LogP contribution in [0.25, 0.3) is 0 Å². The standard InChI is InChI=1S/C12H15ClF3N/c1-8(13)7-9(2)17-11-5-3-10(4-6-11)12(14,15)16/h3-6,8-9,17H,7H2,1-2H3. The maximum atomic E-state index is 12.3. The van der Waals surface area contributed by atoms with Crippen molar-refractivity contribution in [2.45, 2.75) is 37.9 Å². The molecule has 0 spiro atoms. The third-order valence-electron chi connectivity index (χ3n) is 2.30. The number of halogens is 4. The molecule has 1 aromatic carbocycles. The normalized spacial score (nSPS) is 15.4. The van der Waals surface area contributed by atoms with Gasteiger partial charge in [0, 0.05) is 17.1 Å². The average molecular weight is 266 g/mol. The highest BCUT2D eigenvalue weighted by Crippen LogP contribution is 2.29. The van der Waals surface area contributed by atoms with Gasteiger partial charge in [-0.1, -0.05) is 0 Å². The van der Waals surface area contributed by atoms with Crippen molar-refractivity contribution in [1.29, 1.82) is 0 Å². The topological polar surface area (TPSA) is 12.0 Å². The van der Waals surface area contributed by atoms with E-state index < -0.39 is 11.7 Å². The van der Waals surface area contributed by atoms with Crippen LogP contribution in [0.1, 0.15) is 25.8 Å². The largest absolute Gasteiger partial charge is 0.416 e. The molecule has 1 nitrogen and oxygen atoms in total. The van der Waals surface area contributed by atoms with E-state index in [9.17, 15) is 13.2 Å². The highest BCUT2D eigenvalue weighted by molar-refractivity contribution is 6.20. The van der Waals surface area contributed by atoms with Gasteiger partial charge in [0.2, 0.25) is 0 Å². The van der Waals surface area contributed by atoms with Crippen molar-refractivity contribution in [3.8, 4) is 0 Å². The van der Waals surface area contributed by atoms with E-state index in [-0.39, 0.29) is 11.4 Å². The Kier molecular flexibility index (Phi) is 4.69. The maximum Gasteiger partial charge on any atom is 0.416 e. The molecule has 1 aromatic rings. The van der Waals surface area contributed by atoms with Crippen molar-refractivity contribution < 1.29 is 13.2 Å². The van der Waals surface area contributed by atoms with Gasteiger partial charge in [-0.3, -0.25) is 0 Å². The van der Waals surface area contributed by atoms with E-state index in [1.165, 1.54) is 12.1 Å². The molecule has 1 N–H and O–H groups in total. The molecule has 0 fully saturated rings. The van der Waals surface area contributed by atoms with Gasteiger partial charge in [0.1, 0.15) is 0 Å². The van der Waals surface area contributed by atoms with Crippen LogP contribution < -0.4 is 5.32 Å². The van der Waals surface area contributed by atoms with Gasteiger partial charge < -0.3 is 5.32 Å². The number of anilines is 1. The Hall–Kier alpha value is -0.900. The first-order chi connectivity index (χ1) is 7.79. The summed E-state index contributed by atoms with van der Waals surface area (Å²) in [6.07, 6.45) is -3.53. The minimum absolute atomic E-state index is 0.0342. The van der Waals surface area contributed by atoms with Gasteiger partial charge in [-0.2, -0.15) is 13.2 Å². The number of nitrogens with one attached hydrogen (secondary N) is 1. The second-order valence-electron chi connectivity index (χ2n) is 4.14. The predicted molar refractivity (Wildman–Crippen MR) is 64.5 cm³/mol. The van der Waals surface area contributed by atoms with Gasteiger partial charge in [0.15, 0.2) is 0 Å². The average Bonchev–Trinajstić information content (AvgIpc) is 2.15. The van der Waals surface area contributed by atoms with Gasteiger partial charge in [-0.25, -0.2) is 0 Å². The second kappa shape index (κ2) is 5.63. The fraction of sp³-hybridized carbons (Fsp3) is 0.500. The molecule has 0 heterocycles. The molecular weight excluding hydrogens is 251 g/mol. The Morgan fingerprint density at radius 3 is 2.12 bits per heavy atom. The molecule has 1 rings (SSSR count). The minimum atomic E-state index is -4.28. The SMILES string of the molecule is CC(Cl)CC(C)Nc1ccc(C(F)(F)F)cc1. The van der Waals surface area contributed by atoms with Gasteiger partial charge >= 0.3 is 6.18 Å². The second-order valence-corrected chi connectivity index (χ2v) is 4.88. The van der Waals surface area contributed by atoms with E-state index in [2.05, 4.69) is 5.32 Å². The van der Waals surface area contributed by atoms with E-state index in [4.69, 9.17) is 11.6 Å². The molecule has 17 heavy (non-hydrogen) atoms. The van der Waals surface area contributed by atoms with Crippen LogP contribution in [0, 0.1) is 0 Å². The molecule has 2 atom stereocenters. The molecule has 0 aromatic heterocycles. The lowest BCUT2D eigenvalue weighted by atomic mass is 10.1. The Balaban J connectivity index is 2.63. The summed E-state index contributed by atoms with van der Waals surface area (Å²) >= 11 is 5.84. The predicted octanol–water partition coefficient (Wildman–Crippen LogP) is 4.52. The molecule has 0 saturated heterocycles. The van der Waals surface area contributed by atoms with Gasteiger partial charge in [0.05, 0.1) is 5.56 Å². The van der Waals surface area contributed by atoms with Crippen LogP contribution in [0.2, 0.25) is 0 Å². The summed E-state index contributed by atoms with van der Waals surface area (Å²) in [5.41, 5.74) is 0.0317. The van der Waals surface area contributed by atoms with E-state index in [1.54, 1.807) is 0 Å². The molecule has 0 saturated carbocycles. The Bertz CT molecular complexity index is 346. The molecule has 0 radical (unpaired) electrons. The number of benzene rings is 1. The van der Waals surface area contributed by atoms with Crippen LogP contribution in [-0.4, -0.2) is 11.4 Å². The summed E-state index contributed by atoms with van der Waals surface area (Å²) < 4.78 is 36.9. The molecule has 0 aliphatic carbocycles. The molecule has 96 valence electrons. The first-order valence-electron chi connectivity index (χ1n) is 5.37. The van der Waals surface area contributed by atoms with Crippen LogP contribution in [-0.2, 0) is 6.18 Å². The van der Waals surface area contributed by atoms with Crippen LogP contribution in [0.5, 0.6) is 0 Å². The van der Waals surface area contributed by atoms with Crippen molar-refractivity contribution in [2.75, 3.05) is 5.32 Å². The quantitative estimate of drug-likeness (QED) is 0.789. The monoisotopic (exact) mass is 265 g/mol. The van der Waals surface area contributed by atoms with Crippen LogP contribution in [0.4, 0.5) is 18.9 Å². The zero-order chi connectivity index (χ0) is 13.1. The highest BCUT2D eigenvalue weighted by atomic mass is 35.5. The summed E-state index contributed by atoms with van der Waals surface area (Å²) in [7, 11) is 0. The summed E-state index contributed by atoms with van der Waals surface area (Å²) in [5, 5.41) is 3.13. The number of alkyl halides is 4. The lowest BCUT2D eigenvalue weighted by molar-refractivity contribution is -0.137. The Morgan fingerprint density at radius 2 is 1.71 bits per heavy atom. The summed E-state index contributed by atoms with van der Waals surface area (Å²) in [5.74, 6) is 0. The molecular formula is C12H15ClF3N. The van der Waals surface area contributed by atoms with Gasteiger partial charge in [-0.15, -0.1) is 11.6 Å². The Labute approximate surface area is 104 Å². The van der Waals surface area contributed by atoms with Crippen LogP contribution in [0.3, 0.4) is 0 Å². The van der Waals surface area contributed by atoms with E-state index in [1.807, 2.05) is 13.8 Å². The van der Waals surface area contributed by atoms with E-state index in [0.717, 1.165) is 18.6 Å². The third kappa shape index (κ3) is 4.86. The first kappa shape index (κ1) is 14.2. The van der Waals surface area contributed by atoms with Crippen molar-refractivity contribution in [2.24, 2.45) is 0 Å². The smallest absolute Gasteiger partial charge is 0.383 e. The fourth-order valence-corrected chi connectivity index (χ4v) is 1.85. The van der Waals surface area contributed by atoms with E-state index >= 15 is 0 Å². The molecule has 2 unspecified atom stereocenters. The third-order valence-corrected chi connectivity index (χ3v) is 2.48. The summed E-state index contributed by atoms with van der Waals surface area (Å²) in [4.78, 5) is 0. The van der Waals surface area contributed by atoms with Crippen LogP contribution in [0.15, 0.2) is 24.3 Å². The summed E-state index contributed by atoms with van der Waals surface area (Å²) in [6, 6.07) is 5.12. The van der Waals surface area contributed by atoms with Crippen molar-refractivity contribution in [3.05, 3.63) is 29.8 Å². The fourth-order valence-electron chi connectivity index (χ4n) is 1.59. The van der Waals surface area contributed by atoms with Gasteiger partial charge in [-0.05, 0) is 44.5 Å². The Morgan fingerprint density at radius 1 is 1.18 bits per heavy atom. The van der Waals surface area contributed by atoms with Crippen molar-refractivity contribution in [3.63, 3.8) is 0 Å². The van der Waals surface area contributed by atoms with Crippen molar-refractivity contribution in [1.82, 2.24) is 0 Å². The number of hydrogen-bond donors (Lipinski definition) is 1. The van der Waals surface area contributed by atoms with Crippen molar-refractivity contribution >= 4 is 17.3 Å². The van der Waals surface area contributed by atoms with E-state index in [0.29, 0.717) is 5.69 Å². The minimum Gasteiger partial charge on any atom is -0.383 e. The number of hydrogen-bond acceptors (Lipinski definition) is 1. The van der Waals surface area contributed by atoms with Crippen LogP contribution >= 0.6 is 11.6 Å². The molecule has 0 aliphatic heterocycles. The molecule has 0 amide bonds. The maximum absolute atomic E-state index is 12.3. The lowest BCUT2D eigenvalue weighted by Crippen LogP contribution is -2.18. The number of rotatable bonds is 4. The highest BCUT2D eigenvalue weighted by Gasteiger charge is 2.29. The molecule has 0 bridgehead atoms. The molecule has 0 aliphatic rings. The zero-order valence-electron chi connectivity index (χ0n) is 9.68.